The Kier molecular flexibility index (Phi) is 4.50. The molecule has 0 radical (unpaired) electrons. The van der Waals surface area contributed by atoms with Gasteiger partial charge in [0.25, 0.3) is 0 Å². The van der Waals surface area contributed by atoms with E-state index in [0.29, 0.717) is 0 Å². The summed E-state index contributed by atoms with van der Waals surface area (Å²) in [5.74, 6) is -1.53. The van der Waals surface area contributed by atoms with Crippen molar-refractivity contribution in [1.82, 2.24) is 4.57 Å². The maximum Gasteiger partial charge on any atom is 0.419 e. The molecule has 0 aliphatic heterocycles. The van der Waals surface area contributed by atoms with Crippen LogP contribution < -0.4 is 5.76 Å². The van der Waals surface area contributed by atoms with Crippen molar-refractivity contribution < 1.29 is 23.5 Å². The van der Waals surface area contributed by atoms with Gasteiger partial charge in [0.1, 0.15) is 6.54 Å². The molecule has 0 aromatic carbocycles. The molecule has 1 heterocycles. The van der Waals surface area contributed by atoms with E-state index in [9.17, 15) is 14.4 Å². The molecule has 0 aliphatic carbocycles. The fraction of sp³-hybridized carbons (Fsp3) is 0.500. The summed E-state index contributed by atoms with van der Waals surface area (Å²) in [6, 6.07) is 0. The van der Waals surface area contributed by atoms with Gasteiger partial charge < -0.3 is 13.9 Å². The molecule has 0 spiro atoms. The molecule has 0 N–H and O–H groups in total. The van der Waals surface area contributed by atoms with Crippen molar-refractivity contribution in [1.29, 1.82) is 0 Å². The van der Waals surface area contributed by atoms with E-state index in [1.54, 1.807) is 6.92 Å². The highest BCUT2D eigenvalue weighted by Gasteiger charge is 2.11. The zero-order valence-electron chi connectivity index (χ0n) is 9.60. The lowest BCUT2D eigenvalue weighted by Gasteiger charge is -2.00. The summed E-state index contributed by atoms with van der Waals surface area (Å²) in [6.45, 7) is 2.79. The Labute approximate surface area is 96.9 Å². The maximum absolute atomic E-state index is 11.3. The van der Waals surface area contributed by atoms with E-state index in [0.717, 1.165) is 4.57 Å². The summed E-state index contributed by atoms with van der Waals surface area (Å²) in [5, 5.41) is 0. The maximum atomic E-state index is 11.3. The minimum atomic E-state index is -0.694. The predicted molar refractivity (Wildman–Crippen MR) is 55.1 cm³/mol. The molecule has 0 bridgehead atoms. The molecule has 1 aromatic rings. The van der Waals surface area contributed by atoms with E-state index in [2.05, 4.69) is 9.47 Å². The molecule has 1 rings (SSSR count). The minimum absolute atomic E-state index is 0.138. The average Bonchev–Trinajstić information content (AvgIpc) is 2.57. The highest BCUT2D eigenvalue weighted by molar-refractivity contribution is 5.69. The number of hydrogen-bond donors (Lipinski definition) is 0. The van der Waals surface area contributed by atoms with Crippen molar-refractivity contribution in [3.05, 3.63) is 22.5 Å². The predicted octanol–water partition coefficient (Wildman–Crippen LogP) is 0.0675. The second-order valence-electron chi connectivity index (χ2n) is 3.18. The monoisotopic (exact) mass is 243 g/mol. The fourth-order valence-electron chi connectivity index (χ4n) is 1.12. The second kappa shape index (κ2) is 5.88. The van der Waals surface area contributed by atoms with Crippen molar-refractivity contribution in [2.75, 3.05) is 6.61 Å². The summed E-state index contributed by atoms with van der Waals surface area (Å²) < 4.78 is 15.1. The van der Waals surface area contributed by atoms with Gasteiger partial charge in [0.15, 0.2) is 12.4 Å². The van der Waals surface area contributed by atoms with Gasteiger partial charge in [0.05, 0.1) is 12.8 Å². The summed E-state index contributed by atoms with van der Waals surface area (Å²) >= 11 is 0. The molecule has 0 saturated heterocycles. The number of carbonyl (C=O) groups is 2. The number of hydrogen-bond acceptors (Lipinski definition) is 6. The minimum Gasteiger partial charge on any atom is -0.465 e. The zero-order valence-corrected chi connectivity index (χ0v) is 9.60. The zero-order chi connectivity index (χ0) is 12.8. The molecule has 7 heteroatoms. The van der Waals surface area contributed by atoms with Gasteiger partial charge in [-0.3, -0.25) is 14.2 Å². The van der Waals surface area contributed by atoms with Gasteiger partial charge in [0, 0.05) is 6.92 Å². The molecule has 7 nitrogen and oxygen atoms in total. The normalized spacial score (nSPS) is 10.0. The second-order valence-corrected chi connectivity index (χ2v) is 3.18. The highest BCUT2D eigenvalue weighted by atomic mass is 16.5. The highest BCUT2D eigenvalue weighted by Crippen LogP contribution is 1.99. The van der Waals surface area contributed by atoms with Gasteiger partial charge in [-0.2, -0.15) is 0 Å². The topological polar surface area (TPSA) is 87.7 Å². The number of esters is 2. The molecule has 0 amide bonds. The largest absolute Gasteiger partial charge is 0.465 e. The molecule has 0 unspecified atom stereocenters. The SMILES string of the molecule is CCOC(=O)Cn1cc(COC(C)=O)oc1=O. The van der Waals surface area contributed by atoms with Gasteiger partial charge in [-0.05, 0) is 6.92 Å². The Hall–Kier alpha value is -2.05. The lowest BCUT2D eigenvalue weighted by Crippen LogP contribution is -2.20. The third kappa shape index (κ3) is 4.13. The Morgan fingerprint density at radius 3 is 2.71 bits per heavy atom. The molecular weight excluding hydrogens is 230 g/mol. The average molecular weight is 243 g/mol. The van der Waals surface area contributed by atoms with Gasteiger partial charge >= 0.3 is 17.7 Å². The molecular formula is C10H13NO6. The summed E-state index contributed by atoms with van der Waals surface area (Å²) in [4.78, 5) is 33.0. The first-order valence-corrected chi connectivity index (χ1v) is 5.01. The van der Waals surface area contributed by atoms with Crippen molar-refractivity contribution in [3.8, 4) is 0 Å². The molecule has 0 saturated carbocycles. The molecule has 94 valence electrons. The number of rotatable bonds is 5. The Morgan fingerprint density at radius 2 is 2.12 bits per heavy atom. The number of oxazole rings is 1. The third-order valence-corrected chi connectivity index (χ3v) is 1.78. The van der Waals surface area contributed by atoms with Gasteiger partial charge in [0.2, 0.25) is 0 Å². The van der Waals surface area contributed by atoms with E-state index >= 15 is 0 Å². The van der Waals surface area contributed by atoms with Crippen LogP contribution in [0, 0.1) is 0 Å². The Bertz CT molecular complexity index is 458. The first-order valence-electron chi connectivity index (χ1n) is 5.01. The van der Waals surface area contributed by atoms with Crippen molar-refractivity contribution >= 4 is 11.9 Å². The molecule has 1 aromatic heterocycles. The van der Waals surface area contributed by atoms with Gasteiger partial charge in [-0.1, -0.05) is 0 Å². The first-order chi connectivity index (χ1) is 8.02. The standard InChI is InChI=1S/C10H13NO6/c1-3-15-9(13)5-11-4-8(17-10(11)14)6-16-7(2)12/h4H,3,5-6H2,1-2H3. The van der Waals surface area contributed by atoms with Crippen LogP contribution in [0.25, 0.3) is 0 Å². The van der Waals surface area contributed by atoms with Crippen LogP contribution in [0.5, 0.6) is 0 Å². The van der Waals surface area contributed by atoms with Crippen LogP contribution in [0.3, 0.4) is 0 Å². The van der Waals surface area contributed by atoms with Crippen LogP contribution in [0.15, 0.2) is 15.4 Å². The van der Waals surface area contributed by atoms with E-state index in [1.165, 1.54) is 13.1 Å². The third-order valence-electron chi connectivity index (χ3n) is 1.78. The summed E-state index contributed by atoms with van der Waals surface area (Å²) in [7, 11) is 0. The van der Waals surface area contributed by atoms with E-state index in [4.69, 9.17) is 4.42 Å². The molecule has 17 heavy (non-hydrogen) atoms. The fourth-order valence-corrected chi connectivity index (χ4v) is 1.12. The van der Waals surface area contributed by atoms with Crippen molar-refractivity contribution in [2.45, 2.75) is 27.0 Å². The van der Waals surface area contributed by atoms with E-state index in [-0.39, 0.29) is 25.5 Å². The molecule has 0 atom stereocenters. The van der Waals surface area contributed by atoms with Crippen LogP contribution in [0.2, 0.25) is 0 Å². The van der Waals surface area contributed by atoms with Crippen LogP contribution in [0.4, 0.5) is 0 Å². The summed E-state index contributed by atoms with van der Waals surface area (Å²) in [6.07, 6.45) is 1.31. The van der Waals surface area contributed by atoms with Crippen LogP contribution >= 0.6 is 0 Å². The van der Waals surface area contributed by atoms with Crippen LogP contribution in [-0.2, 0) is 32.2 Å². The van der Waals surface area contributed by atoms with Gasteiger partial charge in [-0.25, -0.2) is 4.79 Å². The Morgan fingerprint density at radius 1 is 1.41 bits per heavy atom. The lowest BCUT2D eigenvalue weighted by molar-refractivity contribution is -0.144. The van der Waals surface area contributed by atoms with Crippen LogP contribution in [0.1, 0.15) is 19.6 Å². The number of nitrogens with zero attached hydrogens (tertiary/aromatic N) is 1. The smallest absolute Gasteiger partial charge is 0.419 e. The van der Waals surface area contributed by atoms with Crippen molar-refractivity contribution in [2.24, 2.45) is 0 Å². The van der Waals surface area contributed by atoms with Crippen LogP contribution in [-0.4, -0.2) is 23.1 Å². The molecule has 0 fully saturated rings. The summed E-state index contributed by atoms with van der Waals surface area (Å²) in [5.41, 5.74) is 0. The Balaban J connectivity index is 2.65. The quantitative estimate of drug-likeness (QED) is 0.680. The number of aromatic nitrogens is 1. The lowest BCUT2D eigenvalue weighted by atomic mass is 10.5. The van der Waals surface area contributed by atoms with Crippen molar-refractivity contribution in [3.63, 3.8) is 0 Å². The molecule has 0 aliphatic rings. The van der Waals surface area contributed by atoms with E-state index < -0.39 is 17.7 Å². The number of carbonyl (C=O) groups excluding carboxylic acids is 2. The van der Waals surface area contributed by atoms with E-state index in [1.807, 2.05) is 0 Å². The first kappa shape index (κ1) is 13.0. The number of ether oxygens (including phenoxy) is 2. The van der Waals surface area contributed by atoms with Gasteiger partial charge in [-0.15, -0.1) is 0 Å².